The number of terminal acetylenes is 1. The molecule has 23 heavy (non-hydrogen) atoms. The fourth-order valence-electron chi connectivity index (χ4n) is 1.72. The number of aliphatic imine (C=N–C) groups is 1. The lowest BCUT2D eigenvalue weighted by Gasteiger charge is -2.17. The van der Waals surface area contributed by atoms with Gasteiger partial charge in [-0.3, -0.25) is 9.59 Å². The Labute approximate surface area is 140 Å². The Bertz CT molecular complexity index is 631. The molecule has 0 aromatic heterocycles. The molecular formula is C16H17N3O3S. The maximum atomic E-state index is 12.1. The molecule has 1 atom stereocenters. The minimum Gasteiger partial charge on any atom is -0.366 e. The van der Waals surface area contributed by atoms with Gasteiger partial charge in [0.15, 0.2) is 0 Å². The highest BCUT2D eigenvalue weighted by molar-refractivity contribution is 7.78. The number of isothiocyanates is 1. The minimum atomic E-state index is -0.792. The predicted octanol–water partition coefficient (Wildman–Crippen LogP) is 1.19. The van der Waals surface area contributed by atoms with Crippen LogP contribution in [0.3, 0.4) is 0 Å². The van der Waals surface area contributed by atoms with Gasteiger partial charge in [-0.25, -0.2) is 0 Å². The molecule has 0 spiro atoms. The van der Waals surface area contributed by atoms with Gasteiger partial charge in [-0.15, -0.1) is 6.42 Å². The predicted molar refractivity (Wildman–Crippen MR) is 90.2 cm³/mol. The maximum Gasteiger partial charge on any atom is 0.245 e. The van der Waals surface area contributed by atoms with E-state index in [-0.39, 0.29) is 25.0 Å². The fraction of sp³-hybridized carbons (Fsp3) is 0.312. The van der Waals surface area contributed by atoms with Crippen LogP contribution in [0.5, 0.6) is 0 Å². The van der Waals surface area contributed by atoms with Crippen LogP contribution < -0.4 is 10.6 Å². The number of hydrogen-bond acceptors (Lipinski definition) is 5. The largest absolute Gasteiger partial charge is 0.366 e. The van der Waals surface area contributed by atoms with E-state index in [2.05, 4.69) is 38.9 Å². The Morgan fingerprint density at radius 1 is 1.39 bits per heavy atom. The second-order valence-corrected chi connectivity index (χ2v) is 4.74. The zero-order chi connectivity index (χ0) is 17.1. The van der Waals surface area contributed by atoms with Gasteiger partial charge in [0.1, 0.15) is 12.6 Å². The zero-order valence-electron chi connectivity index (χ0n) is 12.7. The number of thiocarbonyl (C=S) groups is 1. The third-order valence-electron chi connectivity index (χ3n) is 2.74. The number of amides is 2. The summed E-state index contributed by atoms with van der Waals surface area (Å²) in [6.07, 6.45) is 5.08. The summed E-state index contributed by atoms with van der Waals surface area (Å²) in [4.78, 5) is 27.1. The molecule has 1 unspecified atom stereocenters. The van der Waals surface area contributed by atoms with Gasteiger partial charge in [-0.05, 0) is 29.9 Å². The van der Waals surface area contributed by atoms with Gasteiger partial charge >= 0.3 is 0 Å². The summed E-state index contributed by atoms with van der Waals surface area (Å²) in [5.41, 5.74) is 1.57. The molecule has 0 aliphatic rings. The molecule has 7 heteroatoms. The molecule has 1 aromatic rings. The molecule has 0 aliphatic carbocycles. The van der Waals surface area contributed by atoms with E-state index in [1.54, 1.807) is 12.1 Å². The van der Waals surface area contributed by atoms with E-state index in [1.165, 1.54) is 6.92 Å². The van der Waals surface area contributed by atoms with Crippen molar-refractivity contribution < 1.29 is 14.3 Å². The first kappa shape index (κ1) is 18.5. The van der Waals surface area contributed by atoms with E-state index in [4.69, 9.17) is 11.2 Å². The van der Waals surface area contributed by atoms with Crippen molar-refractivity contribution in [1.29, 1.82) is 0 Å². The number of rotatable bonds is 8. The lowest BCUT2D eigenvalue weighted by atomic mass is 10.2. The third-order valence-corrected chi connectivity index (χ3v) is 2.83. The van der Waals surface area contributed by atoms with Crippen LogP contribution in [-0.4, -0.2) is 36.2 Å². The van der Waals surface area contributed by atoms with Gasteiger partial charge in [-0.1, -0.05) is 18.1 Å². The Morgan fingerprint density at radius 3 is 2.65 bits per heavy atom. The van der Waals surface area contributed by atoms with Crippen molar-refractivity contribution in [2.45, 2.75) is 19.5 Å². The van der Waals surface area contributed by atoms with Crippen LogP contribution in [-0.2, 0) is 20.9 Å². The smallest absolute Gasteiger partial charge is 0.245 e. The first-order chi connectivity index (χ1) is 11.1. The Balaban J connectivity index is 2.57. The minimum absolute atomic E-state index is 0.0118. The van der Waals surface area contributed by atoms with Gasteiger partial charge in [0.05, 0.1) is 17.5 Å². The molecule has 120 valence electrons. The van der Waals surface area contributed by atoms with Crippen LogP contribution in [0, 0.1) is 12.3 Å². The van der Waals surface area contributed by atoms with Gasteiger partial charge in [0.2, 0.25) is 11.8 Å². The zero-order valence-corrected chi connectivity index (χ0v) is 13.5. The second kappa shape index (κ2) is 10.2. The second-order valence-electron chi connectivity index (χ2n) is 4.56. The number of carbonyl (C=O) groups is 2. The SMILES string of the molecule is C#CCOCC(NC(C)=O)C(=O)NCc1ccc(N=C=S)cc1. The van der Waals surface area contributed by atoms with Crippen molar-refractivity contribution in [2.24, 2.45) is 4.99 Å². The number of hydrogen-bond donors (Lipinski definition) is 2. The fourth-order valence-corrected chi connectivity index (χ4v) is 1.82. The van der Waals surface area contributed by atoms with Gasteiger partial charge in [0.25, 0.3) is 0 Å². The number of nitrogens with zero attached hydrogens (tertiary/aromatic N) is 1. The Hall–Kier alpha value is -2.52. The standard InChI is InChI=1S/C16H17N3O3S/c1-3-8-22-10-15(19-12(2)20)16(21)17-9-13-4-6-14(7-5-13)18-11-23/h1,4-7,15H,8-10H2,2H3,(H,17,21)(H,19,20). The highest BCUT2D eigenvalue weighted by atomic mass is 32.1. The van der Waals surface area contributed by atoms with E-state index in [9.17, 15) is 9.59 Å². The van der Waals surface area contributed by atoms with Crippen molar-refractivity contribution in [1.82, 2.24) is 10.6 Å². The molecule has 6 nitrogen and oxygen atoms in total. The van der Waals surface area contributed by atoms with Crippen molar-refractivity contribution >= 4 is 34.9 Å². The molecular weight excluding hydrogens is 314 g/mol. The average molecular weight is 331 g/mol. The van der Waals surface area contributed by atoms with E-state index in [0.717, 1.165) is 5.56 Å². The number of nitrogens with one attached hydrogen (secondary N) is 2. The number of benzene rings is 1. The van der Waals surface area contributed by atoms with Crippen molar-refractivity contribution in [3.63, 3.8) is 0 Å². The summed E-state index contributed by atoms with van der Waals surface area (Å²) in [6, 6.07) is 6.37. The molecule has 2 amide bonds. The highest BCUT2D eigenvalue weighted by Crippen LogP contribution is 2.12. The van der Waals surface area contributed by atoms with E-state index in [0.29, 0.717) is 12.2 Å². The molecule has 1 aromatic carbocycles. The summed E-state index contributed by atoms with van der Waals surface area (Å²) in [5.74, 6) is 1.63. The van der Waals surface area contributed by atoms with E-state index in [1.807, 2.05) is 12.1 Å². The summed E-state index contributed by atoms with van der Waals surface area (Å²) >= 11 is 4.53. The van der Waals surface area contributed by atoms with Gasteiger partial charge < -0.3 is 15.4 Å². The first-order valence-corrected chi connectivity index (χ1v) is 7.20. The molecule has 0 saturated heterocycles. The van der Waals surface area contributed by atoms with E-state index < -0.39 is 6.04 Å². The average Bonchev–Trinajstić information content (AvgIpc) is 2.53. The molecule has 0 bridgehead atoms. The van der Waals surface area contributed by atoms with Gasteiger partial charge in [-0.2, -0.15) is 4.99 Å². The molecule has 0 aliphatic heterocycles. The van der Waals surface area contributed by atoms with Crippen molar-refractivity contribution in [3.8, 4) is 12.3 Å². The van der Waals surface area contributed by atoms with Crippen LogP contribution >= 0.6 is 12.2 Å². The van der Waals surface area contributed by atoms with Crippen LogP contribution in [0.1, 0.15) is 12.5 Å². The van der Waals surface area contributed by atoms with Crippen LogP contribution in [0.25, 0.3) is 0 Å². The molecule has 0 saturated carbocycles. The lowest BCUT2D eigenvalue weighted by molar-refractivity contribution is -0.129. The van der Waals surface area contributed by atoms with Crippen LogP contribution in [0.4, 0.5) is 5.69 Å². The van der Waals surface area contributed by atoms with Crippen LogP contribution in [0.2, 0.25) is 0 Å². The summed E-state index contributed by atoms with van der Waals surface area (Å²) in [5, 5.41) is 7.53. The number of carbonyl (C=O) groups excluding carboxylic acids is 2. The lowest BCUT2D eigenvalue weighted by Crippen LogP contribution is -2.48. The van der Waals surface area contributed by atoms with Crippen molar-refractivity contribution in [3.05, 3.63) is 29.8 Å². The maximum absolute atomic E-state index is 12.1. The first-order valence-electron chi connectivity index (χ1n) is 6.79. The van der Waals surface area contributed by atoms with E-state index >= 15 is 0 Å². The molecule has 1 rings (SSSR count). The summed E-state index contributed by atoms with van der Waals surface area (Å²) < 4.78 is 5.12. The summed E-state index contributed by atoms with van der Waals surface area (Å²) in [7, 11) is 0. The molecule has 0 heterocycles. The Morgan fingerprint density at radius 2 is 2.09 bits per heavy atom. The topological polar surface area (TPSA) is 79.8 Å². The van der Waals surface area contributed by atoms with Crippen molar-refractivity contribution in [2.75, 3.05) is 13.2 Å². The quantitative estimate of drug-likeness (QED) is 0.325. The highest BCUT2D eigenvalue weighted by Gasteiger charge is 2.19. The molecule has 2 N–H and O–H groups in total. The van der Waals surface area contributed by atoms with Crippen LogP contribution in [0.15, 0.2) is 29.3 Å². The Kier molecular flexibility index (Phi) is 8.25. The normalized spacial score (nSPS) is 10.8. The van der Waals surface area contributed by atoms with Gasteiger partial charge in [0, 0.05) is 13.5 Å². The monoisotopic (exact) mass is 331 g/mol. The summed E-state index contributed by atoms with van der Waals surface area (Å²) in [6.45, 7) is 1.73. The number of ether oxygens (including phenoxy) is 1. The molecule has 0 radical (unpaired) electrons. The third kappa shape index (κ3) is 7.34. The molecule has 0 fully saturated rings.